The highest BCUT2D eigenvalue weighted by atomic mass is 35.5. The molecule has 7 nitrogen and oxygen atoms in total. The number of halogens is 1. The fourth-order valence-electron chi connectivity index (χ4n) is 3.39. The highest BCUT2D eigenvalue weighted by molar-refractivity contribution is 6.30. The number of hydrogen-bond donors (Lipinski definition) is 3. The van der Waals surface area contributed by atoms with Gasteiger partial charge in [-0.1, -0.05) is 23.7 Å². The second-order valence-corrected chi connectivity index (χ2v) is 7.04. The van der Waals surface area contributed by atoms with Crippen molar-refractivity contribution in [1.82, 2.24) is 20.4 Å². The van der Waals surface area contributed by atoms with E-state index in [1.54, 1.807) is 29.1 Å². The van der Waals surface area contributed by atoms with Crippen LogP contribution in [0.1, 0.15) is 29.5 Å². The largest absolute Gasteiger partial charge is 0.370 e. The Kier molecular flexibility index (Phi) is 5.58. The first-order valence-electron chi connectivity index (χ1n) is 8.47. The van der Waals surface area contributed by atoms with Gasteiger partial charge in [0, 0.05) is 37.3 Å². The van der Waals surface area contributed by atoms with Crippen LogP contribution in [0.25, 0.3) is 0 Å². The molecule has 4 N–H and O–H groups in total. The quantitative estimate of drug-likeness (QED) is 0.703. The molecule has 1 aliphatic rings. The van der Waals surface area contributed by atoms with E-state index in [4.69, 9.17) is 17.3 Å². The van der Waals surface area contributed by atoms with Gasteiger partial charge in [0.2, 0.25) is 11.8 Å². The first-order chi connectivity index (χ1) is 12.4. The zero-order chi connectivity index (χ0) is 18.7. The summed E-state index contributed by atoms with van der Waals surface area (Å²) < 4.78 is 1.73. The van der Waals surface area contributed by atoms with Crippen LogP contribution < -0.4 is 16.4 Å². The van der Waals surface area contributed by atoms with Crippen molar-refractivity contribution in [3.05, 3.63) is 52.8 Å². The van der Waals surface area contributed by atoms with Crippen LogP contribution in [-0.4, -0.2) is 34.7 Å². The number of carbonyl (C=O) groups excluding carboxylic acids is 2. The Balaban J connectivity index is 1.77. The number of aromatic nitrogens is 2. The van der Waals surface area contributed by atoms with Crippen LogP contribution in [0.15, 0.2) is 36.7 Å². The second kappa shape index (κ2) is 7.88. The molecule has 1 aromatic carbocycles. The average Bonchev–Trinajstić information content (AvgIpc) is 3.22. The van der Waals surface area contributed by atoms with Crippen LogP contribution in [-0.2, 0) is 16.6 Å². The molecule has 1 aliphatic heterocycles. The molecule has 3 atom stereocenters. The number of aryl methyl sites for hydroxylation is 1. The molecule has 3 rings (SSSR count). The number of nitrogens with two attached hydrogens (primary N) is 1. The third-order valence-corrected chi connectivity index (χ3v) is 4.91. The summed E-state index contributed by atoms with van der Waals surface area (Å²) >= 11 is 6.05. The number of hydrogen-bond acceptors (Lipinski definition) is 4. The van der Waals surface area contributed by atoms with Gasteiger partial charge < -0.3 is 16.4 Å². The van der Waals surface area contributed by atoms with Crippen molar-refractivity contribution in [1.29, 1.82) is 0 Å². The minimum atomic E-state index is -0.506. The van der Waals surface area contributed by atoms with E-state index in [-0.39, 0.29) is 24.2 Å². The molecule has 0 bridgehead atoms. The van der Waals surface area contributed by atoms with Crippen molar-refractivity contribution in [2.24, 2.45) is 18.7 Å². The smallest absolute Gasteiger partial charge is 0.225 e. The number of carbonyl (C=O) groups is 2. The van der Waals surface area contributed by atoms with Crippen LogP contribution in [0.5, 0.6) is 0 Å². The highest BCUT2D eigenvalue weighted by Crippen LogP contribution is 2.29. The van der Waals surface area contributed by atoms with Crippen molar-refractivity contribution in [2.45, 2.75) is 18.4 Å². The van der Waals surface area contributed by atoms with Gasteiger partial charge in [0.1, 0.15) is 0 Å². The van der Waals surface area contributed by atoms with Crippen LogP contribution in [0.3, 0.4) is 0 Å². The van der Waals surface area contributed by atoms with Gasteiger partial charge in [0.05, 0.1) is 24.6 Å². The number of primary amides is 1. The van der Waals surface area contributed by atoms with Gasteiger partial charge in [0.15, 0.2) is 0 Å². The molecule has 138 valence electrons. The van der Waals surface area contributed by atoms with Crippen molar-refractivity contribution in [3.63, 3.8) is 0 Å². The topological polar surface area (TPSA) is 102 Å². The maximum atomic E-state index is 12.9. The lowest BCUT2D eigenvalue weighted by Crippen LogP contribution is -2.38. The molecule has 0 saturated carbocycles. The minimum Gasteiger partial charge on any atom is -0.370 e. The normalized spacial score (nSPS) is 20.7. The third-order valence-electron chi connectivity index (χ3n) is 4.68. The van der Waals surface area contributed by atoms with Crippen molar-refractivity contribution < 1.29 is 9.59 Å². The van der Waals surface area contributed by atoms with E-state index in [9.17, 15) is 9.59 Å². The number of nitrogens with zero attached hydrogens (tertiary/aromatic N) is 2. The molecule has 1 fully saturated rings. The standard InChI is InChI=1S/C18H22ClN5O2/c1-24-10-12(7-22-24)14-8-21-9-15(14)18(26)23-16(6-17(20)25)11-3-2-4-13(19)5-11/h2-5,7,10,14-16,21H,6,8-9H2,1H3,(H2,20,25)(H,23,26)/t14-,15+,16-/m1/s1. The van der Waals surface area contributed by atoms with Gasteiger partial charge in [-0.3, -0.25) is 14.3 Å². The molecular formula is C18H22ClN5O2. The van der Waals surface area contributed by atoms with Gasteiger partial charge in [-0.15, -0.1) is 0 Å². The zero-order valence-electron chi connectivity index (χ0n) is 14.5. The first-order valence-corrected chi connectivity index (χ1v) is 8.85. The molecule has 0 unspecified atom stereocenters. The van der Waals surface area contributed by atoms with Crippen molar-refractivity contribution >= 4 is 23.4 Å². The van der Waals surface area contributed by atoms with E-state index in [0.717, 1.165) is 11.1 Å². The lowest BCUT2D eigenvalue weighted by atomic mass is 9.89. The summed E-state index contributed by atoms with van der Waals surface area (Å²) in [4.78, 5) is 24.4. The number of benzene rings is 1. The van der Waals surface area contributed by atoms with Crippen LogP contribution in [0.4, 0.5) is 0 Å². The summed E-state index contributed by atoms with van der Waals surface area (Å²) in [5, 5.41) is 11.0. The molecule has 2 aromatic rings. The van der Waals surface area contributed by atoms with E-state index in [2.05, 4.69) is 15.7 Å². The average molecular weight is 376 g/mol. The summed E-state index contributed by atoms with van der Waals surface area (Å²) in [6, 6.07) is 6.58. The molecule has 1 saturated heterocycles. The fourth-order valence-corrected chi connectivity index (χ4v) is 3.59. The summed E-state index contributed by atoms with van der Waals surface area (Å²) in [6.45, 7) is 1.28. The molecule has 0 radical (unpaired) electrons. The molecule has 8 heteroatoms. The molecule has 2 amide bonds. The molecule has 1 aromatic heterocycles. The lowest BCUT2D eigenvalue weighted by molar-refractivity contribution is -0.126. The Hall–Kier alpha value is -2.38. The molecule has 0 spiro atoms. The third kappa shape index (κ3) is 4.23. The van der Waals surface area contributed by atoms with Gasteiger partial charge in [-0.05, 0) is 23.3 Å². The maximum absolute atomic E-state index is 12.9. The minimum absolute atomic E-state index is 0.0176. The fraction of sp³-hybridized carbons (Fsp3) is 0.389. The van der Waals surface area contributed by atoms with E-state index in [1.807, 2.05) is 19.3 Å². The molecule has 2 heterocycles. The predicted molar refractivity (Wildman–Crippen MR) is 98.5 cm³/mol. The zero-order valence-corrected chi connectivity index (χ0v) is 15.2. The predicted octanol–water partition coefficient (Wildman–Crippen LogP) is 1.11. The van der Waals surface area contributed by atoms with E-state index >= 15 is 0 Å². The van der Waals surface area contributed by atoms with Gasteiger partial charge in [-0.25, -0.2) is 0 Å². The van der Waals surface area contributed by atoms with Gasteiger partial charge in [0.25, 0.3) is 0 Å². The molecular weight excluding hydrogens is 354 g/mol. The lowest BCUT2D eigenvalue weighted by Gasteiger charge is -2.23. The van der Waals surface area contributed by atoms with E-state index in [1.165, 1.54) is 0 Å². The Labute approximate surface area is 156 Å². The van der Waals surface area contributed by atoms with Gasteiger partial charge in [-0.2, -0.15) is 5.10 Å². The summed E-state index contributed by atoms with van der Waals surface area (Å²) in [5.41, 5.74) is 7.15. The molecule has 26 heavy (non-hydrogen) atoms. The Morgan fingerprint density at radius 3 is 2.92 bits per heavy atom. The summed E-state index contributed by atoms with van der Waals surface area (Å²) in [5.74, 6) is -0.801. The number of nitrogens with one attached hydrogen (secondary N) is 2. The maximum Gasteiger partial charge on any atom is 0.225 e. The van der Waals surface area contributed by atoms with Crippen LogP contribution >= 0.6 is 11.6 Å². The van der Waals surface area contributed by atoms with Gasteiger partial charge >= 0.3 is 0 Å². The highest BCUT2D eigenvalue weighted by Gasteiger charge is 2.35. The van der Waals surface area contributed by atoms with Crippen molar-refractivity contribution in [2.75, 3.05) is 13.1 Å². The van der Waals surface area contributed by atoms with E-state index < -0.39 is 11.9 Å². The number of rotatable bonds is 6. The number of amides is 2. The summed E-state index contributed by atoms with van der Waals surface area (Å²) in [7, 11) is 1.85. The van der Waals surface area contributed by atoms with E-state index in [0.29, 0.717) is 18.1 Å². The molecule has 0 aliphatic carbocycles. The SMILES string of the molecule is Cn1cc([C@H]2CNC[C@@H]2C(=O)N[C@H](CC(N)=O)c2cccc(Cl)c2)cn1. The van der Waals surface area contributed by atoms with Crippen LogP contribution in [0, 0.1) is 5.92 Å². The second-order valence-electron chi connectivity index (χ2n) is 6.61. The van der Waals surface area contributed by atoms with Crippen molar-refractivity contribution in [3.8, 4) is 0 Å². The van der Waals surface area contributed by atoms with Crippen LogP contribution in [0.2, 0.25) is 5.02 Å². The Morgan fingerprint density at radius 2 is 2.27 bits per heavy atom. The Bertz CT molecular complexity index is 806. The first kappa shape index (κ1) is 18.4. The Morgan fingerprint density at radius 1 is 1.46 bits per heavy atom. The monoisotopic (exact) mass is 375 g/mol. The summed E-state index contributed by atoms with van der Waals surface area (Å²) in [6.07, 6.45) is 3.73.